The van der Waals surface area contributed by atoms with Crippen LogP contribution in [0.5, 0.6) is 0 Å². The van der Waals surface area contributed by atoms with Gasteiger partial charge in [-0.1, -0.05) is 6.07 Å². The molecule has 3 rings (SSSR count). The van der Waals surface area contributed by atoms with Gasteiger partial charge in [-0.2, -0.15) is 0 Å². The predicted octanol–water partition coefficient (Wildman–Crippen LogP) is 1.04. The summed E-state index contributed by atoms with van der Waals surface area (Å²) in [6, 6.07) is 4.53. The van der Waals surface area contributed by atoms with Crippen molar-refractivity contribution in [2.45, 2.75) is 18.9 Å². The van der Waals surface area contributed by atoms with Crippen LogP contribution in [0.15, 0.2) is 18.3 Å². The first kappa shape index (κ1) is 13.8. The molecule has 0 unspecified atom stereocenters. The third-order valence-corrected chi connectivity index (χ3v) is 4.45. The van der Waals surface area contributed by atoms with Crippen molar-refractivity contribution in [3.05, 3.63) is 23.9 Å². The number of nitrogens with two attached hydrogens (primary N) is 1. The van der Waals surface area contributed by atoms with Crippen LogP contribution < -0.4 is 11.1 Å². The fourth-order valence-electron chi connectivity index (χ4n) is 3.42. The van der Waals surface area contributed by atoms with E-state index in [0.29, 0.717) is 17.8 Å². The van der Waals surface area contributed by atoms with E-state index in [1.54, 1.807) is 6.20 Å². The Morgan fingerprint density at radius 1 is 1.30 bits per heavy atom. The molecular weight excluding hydrogens is 252 g/mol. The van der Waals surface area contributed by atoms with Crippen molar-refractivity contribution >= 4 is 5.82 Å². The number of rotatable bonds is 3. The number of aromatic nitrogens is 1. The molecular formula is C15H24N4O. The second kappa shape index (κ2) is 6.52. The number of nitrogen functional groups attached to an aromatic ring is 1. The van der Waals surface area contributed by atoms with Gasteiger partial charge in [-0.3, -0.25) is 4.90 Å². The number of nitrogens with zero attached hydrogens (tertiary/aromatic N) is 2. The van der Waals surface area contributed by atoms with E-state index in [2.05, 4.69) is 21.3 Å². The summed E-state index contributed by atoms with van der Waals surface area (Å²) in [4.78, 5) is 6.86. The molecule has 0 amide bonds. The van der Waals surface area contributed by atoms with Crippen LogP contribution in [0.2, 0.25) is 0 Å². The van der Waals surface area contributed by atoms with Gasteiger partial charge in [-0.15, -0.1) is 0 Å². The van der Waals surface area contributed by atoms with Crippen LogP contribution in [0.1, 0.15) is 24.4 Å². The van der Waals surface area contributed by atoms with Gasteiger partial charge >= 0.3 is 0 Å². The lowest BCUT2D eigenvalue weighted by Crippen LogP contribution is -2.47. The van der Waals surface area contributed by atoms with Gasteiger partial charge in [0, 0.05) is 57.2 Å². The second-order valence-corrected chi connectivity index (χ2v) is 5.66. The van der Waals surface area contributed by atoms with E-state index in [4.69, 9.17) is 10.5 Å². The molecule has 5 heteroatoms. The summed E-state index contributed by atoms with van der Waals surface area (Å²) in [7, 11) is 0. The largest absolute Gasteiger partial charge is 0.383 e. The molecule has 2 fully saturated rings. The van der Waals surface area contributed by atoms with Crippen molar-refractivity contribution in [1.82, 2.24) is 15.2 Å². The quantitative estimate of drug-likeness (QED) is 0.863. The first-order valence-electron chi connectivity index (χ1n) is 7.59. The first-order chi connectivity index (χ1) is 9.86. The van der Waals surface area contributed by atoms with Crippen LogP contribution in [-0.4, -0.2) is 49.3 Å². The third-order valence-electron chi connectivity index (χ3n) is 4.45. The number of piperazine rings is 1. The molecule has 1 aromatic heterocycles. The van der Waals surface area contributed by atoms with E-state index in [1.165, 1.54) is 5.56 Å². The van der Waals surface area contributed by atoms with Gasteiger partial charge in [0.05, 0.1) is 0 Å². The molecule has 0 bridgehead atoms. The molecule has 0 aromatic carbocycles. The molecule has 0 saturated carbocycles. The molecule has 2 aliphatic rings. The van der Waals surface area contributed by atoms with Gasteiger partial charge < -0.3 is 15.8 Å². The molecule has 3 heterocycles. The molecule has 0 radical (unpaired) electrons. The minimum atomic E-state index is 0.384. The monoisotopic (exact) mass is 276 g/mol. The Morgan fingerprint density at radius 2 is 2.05 bits per heavy atom. The lowest BCUT2D eigenvalue weighted by Gasteiger charge is -2.41. The van der Waals surface area contributed by atoms with Crippen LogP contribution in [0, 0.1) is 5.92 Å². The van der Waals surface area contributed by atoms with Crippen LogP contribution in [0.25, 0.3) is 0 Å². The van der Waals surface area contributed by atoms with Crippen molar-refractivity contribution in [2.75, 3.05) is 45.1 Å². The summed E-state index contributed by atoms with van der Waals surface area (Å²) in [5.41, 5.74) is 7.35. The molecule has 1 aromatic rings. The van der Waals surface area contributed by atoms with E-state index in [0.717, 1.165) is 52.2 Å². The summed E-state index contributed by atoms with van der Waals surface area (Å²) in [5, 5.41) is 3.43. The standard InChI is InChI=1S/C15H24N4O/c16-15-13(2-1-5-18-15)14(12-3-10-20-11-4-12)19-8-6-17-7-9-19/h1-2,5,12,14,17H,3-4,6-11H2,(H2,16,18)/t14-/m1/s1. The van der Waals surface area contributed by atoms with Crippen molar-refractivity contribution in [3.63, 3.8) is 0 Å². The molecule has 20 heavy (non-hydrogen) atoms. The second-order valence-electron chi connectivity index (χ2n) is 5.66. The van der Waals surface area contributed by atoms with Crippen molar-refractivity contribution in [2.24, 2.45) is 5.92 Å². The smallest absolute Gasteiger partial charge is 0.128 e. The van der Waals surface area contributed by atoms with E-state index >= 15 is 0 Å². The Labute approximate surface area is 120 Å². The van der Waals surface area contributed by atoms with Gasteiger partial charge in [-0.05, 0) is 24.8 Å². The minimum Gasteiger partial charge on any atom is -0.383 e. The Morgan fingerprint density at radius 3 is 2.75 bits per heavy atom. The van der Waals surface area contributed by atoms with Gasteiger partial charge in [0.1, 0.15) is 5.82 Å². The zero-order valence-electron chi connectivity index (χ0n) is 11.9. The highest BCUT2D eigenvalue weighted by Crippen LogP contribution is 2.36. The van der Waals surface area contributed by atoms with E-state index in [1.807, 2.05) is 6.07 Å². The van der Waals surface area contributed by atoms with E-state index < -0.39 is 0 Å². The molecule has 3 N–H and O–H groups in total. The highest BCUT2D eigenvalue weighted by atomic mass is 16.5. The number of pyridine rings is 1. The maximum Gasteiger partial charge on any atom is 0.128 e. The first-order valence-corrected chi connectivity index (χ1v) is 7.59. The zero-order valence-corrected chi connectivity index (χ0v) is 11.9. The lowest BCUT2D eigenvalue weighted by molar-refractivity contribution is 0.0214. The van der Waals surface area contributed by atoms with Crippen molar-refractivity contribution in [3.8, 4) is 0 Å². The number of anilines is 1. The molecule has 2 aliphatic heterocycles. The highest BCUT2D eigenvalue weighted by Gasteiger charge is 2.32. The minimum absolute atomic E-state index is 0.384. The molecule has 110 valence electrons. The average molecular weight is 276 g/mol. The maximum atomic E-state index is 6.15. The molecule has 1 atom stereocenters. The van der Waals surface area contributed by atoms with E-state index in [-0.39, 0.29) is 0 Å². The average Bonchev–Trinajstić information content (AvgIpc) is 2.52. The SMILES string of the molecule is Nc1ncccc1[C@@H](C1CCOCC1)N1CCNCC1. The number of ether oxygens (including phenoxy) is 1. The number of hydrogen-bond donors (Lipinski definition) is 2. The normalized spacial score (nSPS) is 23.6. The van der Waals surface area contributed by atoms with Gasteiger partial charge in [-0.25, -0.2) is 4.98 Å². The summed E-state index contributed by atoms with van der Waals surface area (Å²) < 4.78 is 5.53. The molecule has 0 spiro atoms. The maximum absolute atomic E-state index is 6.15. The number of nitrogens with one attached hydrogen (secondary N) is 1. The van der Waals surface area contributed by atoms with Crippen molar-refractivity contribution < 1.29 is 4.74 Å². The zero-order chi connectivity index (χ0) is 13.8. The fourth-order valence-corrected chi connectivity index (χ4v) is 3.42. The summed E-state index contributed by atoms with van der Waals surface area (Å²) >= 11 is 0. The molecule has 5 nitrogen and oxygen atoms in total. The van der Waals surface area contributed by atoms with Gasteiger partial charge in [0.15, 0.2) is 0 Å². The van der Waals surface area contributed by atoms with Crippen LogP contribution in [0.4, 0.5) is 5.82 Å². The summed E-state index contributed by atoms with van der Waals surface area (Å²) in [6.07, 6.45) is 4.00. The number of hydrogen-bond acceptors (Lipinski definition) is 5. The van der Waals surface area contributed by atoms with Crippen molar-refractivity contribution in [1.29, 1.82) is 0 Å². The molecule has 2 saturated heterocycles. The Hall–Kier alpha value is -1.17. The fraction of sp³-hybridized carbons (Fsp3) is 0.667. The summed E-state index contributed by atoms with van der Waals surface area (Å²) in [6.45, 7) is 6.01. The Kier molecular flexibility index (Phi) is 4.50. The Balaban J connectivity index is 1.87. The predicted molar refractivity (Wildman–Crippen MR) is 79.4 cm³/mol. The Bertz CT molecular complexity index is 410. The lowest BCUT2D eigenvalue weighted by atomic mass is 9.85. The molecule has 0 aliphatic carbocycles. The van der Waals surface area contributed by atoms with E-state index in [9.17, 15) is 0 Å². The summed E-state index contributed by atoms with van der Waals surface area (Å²) in [5.74, 6) is 1.30. The van der Waals surface area contributed by atoms with Crippen LogP contribution in [-0.2, 0) is 4.74 Å². The topological polar surface area (TPSA) is 63.4 Å². The highest BCUT2D eigenvalue weighted by molar-refractivity contribution is 5.41. The third kappa shape index (κ3) is 2.95. The van der Waals surface area contributed by atoms with Crippen LogP contribution in [0.3, 0.4) is 0 Å². The van der Waals surface area contributed by atoms with Crippen LogP contribution >= 0.6 is 0 Å². The van der Waals surface area contributed by atoms with Gasteiger partial charge in [0.2, 0.25) is 0 Å². The van der Waals surface area contributed by atoms with Gasteiger partial charge in [0.25, 0.3) is 0 Å².